The van der Waals surface area contributed by atoms with Crippen LogP contribution in [0.25, 0.3) is 0 Å². The van der Waals surface area contributed by atoms with Gasteiger partial charge in [-0.1, -0.05) is 37.3 Å². The van der Waals surface area contributed by atoms with Crippen molar-refractivity contribution >= 4 is 37.5 Å². The number of nitrogens with zero attached hydrogens (tertiary/aromatic N) is 2. The van der Waals surface area contributed by atoms with Crippen LogP contribution in [-0.2, 0) is 31.3 Å². The van der Waals surface area contributed by atoms with Crippen LogP contribution in [0, 0.1) is 5.92 Å². The van der Waals surface area contributed by atoms with Crippen molar-refractivity contribution < 1.29 is 28.3 Å². The van der Waals surface area contributed by atoms with Crippen molar-refractivity contribution in [2.45, 2.75) is 63.1 Å². The van der Waals surface area contributed by atoms with Gasteiger partial charge in [0.2, 0.25) is 20.2 Å². The molecule has 0 bridgehead atoms. The third kappa shape index (κ3) is 4.89. The number of anilines is 2. The quantitative estimate of drug-likeness (QED) is 0.381. The molecule has 4 atom stereocenters. The zero-order chi connectivity index (χ0) is 27.9. The number of aliphatic hydroxyl groups excluding tert-OH is 1. The van der Waals surface area contributed by atoms with Gasteiger partial charge in [-0.3, -0.25) is 14.4 Å². The van der Waals surface area contributed by atoms with Gasteiger partial charge in [-0.05, 0) is 43.3 Å². The molecular weight excluding hydrogens is 517 g/mol. The SMILES string of the molecule is C[C@H]1[C@H]([Si](C)(C)F)[C@@H](CC(=O)N(CCO)Cc2ccccc2)O[C@]12C(=O)Nc1ccc(N3CCCC3=O)cc12. The molecule has 3 aliphatic rings. The normalized spacial score (nSPS) is 26.3. The maximum Gasteiger partial charge on any atom is 0.261 e. The van der Waals surface area contributed by atoms with E-state index >= 15 is 4.11 Å². The number of amides is 3. The predicted octanol–water partition coefficient (Wildman–Crippen LogP) is 3.95. The molecule has 2 aromatic carbocycles. The number of benzene rings is 2. The highest BCUT2D eigenvalue weighted by Gasteiger charge is 2.65. The summed E-state index contributed by atoms with van der Waals surface area (Å²) in [7, 11) is -3.43. The Bertz CT molecular complexity index is 1270. The highest BCUT2D eigenvalue weighted by atomic mass is 28.4. The first kappa shape index (κ1) is 27.5. The molecule has 2 saturated heterocycles. The fourth-order valence-corrected chi connectivity index (χ4v) is 9.15. The van der Waals surface area contributed by atoms with Crippen LogP contribution >= 0.6 is 0 Å². The van der Waals surface area contributed by atoms with Crippen LogP contribution in [0.15, 0.2) is 48.5 Å². The van der Waals surface area contributed by atoms with Crippen LogP contribution in [0.1, 0.15) is 37.3 Å². The van der Waals surface area contributed by atoms with Crippen LogP contribution in [0.5, 0.6) is 0 Å². The van der Waals surface area contributed by atoms with Gasteiger partial charge in [0, 0.05) is 54.5 Å². The van der Waals surface area contributed by atoms with Crippen molar-refractivity contribution in [3.63, 3.8) is 0 Å². The van der Waals surface area contributed by atoms with E-state index in [0.717, 1.165) is 12.0 Å². The number of carbonyl (C=O) groups excluding carboxylic acids is 3. The van der Waals surface area contributed by atoms with E-state index in [1.54, 1.807) is 29.0 Å². The Labute approximate surface area is 229 Å². The lowest BCUT2D eigenvalue weighted by Gasteiger charge is -2.31. The van der Waals surface area contributed by atoms with Crippen molar-refractivity contribution in [2.24, 2.45) is 5.92 Å². The van der Waals surface area contributed by atoms with Crippen molar-refractivity contribution in [3.8, 4) is 0 Å². The summed E-state index contributed by atoms with van der Waals surface area (Å²) in [4.78, 5) is 42.8. The van der Waals surface area contributed by atoms with Crippen LogP contribution < -0.4 is 10.2 Å². The van der Waals surface area contributed by atoms with E-state index in [-0.39, 0.29) is 37.3 Å². The average molecular weight is 554 g/mol. The first-order chi connectivity index (χ1) is 18.6. The van der Waals surface area contributed by atoms with Gasteiger partial charge >= 0.3 is 0 Å². The van der Waals surface area contributed by atoms with E-state index < -0.39 is 31.6 Å². The Morgan fingerprint density at radius 2 is 1.97 bits per heavy atom. The van der Waals surface area contributed by atoms with Gasteiger partial charge in [-0.25, -0.2) is 0 Å². The molecule has 0 radical (unpaired) electrons. The number of hydrogen-bond acceptors (Lipinski definition) is 5. The van der Waals surface area contributed by atoms with Crippen molar-refractivity contribution in [2.75, 3.05) is 29.9 Å². The third-order valence-corrected chi connectivity index (χ3v) is 10.9. The fraction of sp³-hybridized carbons (Fsp3) is 0.483. The van der Waals surface area contributed by atoms with Crippen molar-refractivity contribution in [1.29, 1.82) is 0 Å². The molecule has 0 unspecified atom stereocenters. The second-order valence-electron chi connectivity index (χ2n) is 11.3. The van der Waals surface area contributed by atoms with Gasteiger partial charge in [0.05, 0.1) is 19.1 Å². The molecule has 2 fully saturated rings. The van der Waals surface area contributed by atoms with Gasteiger partial charge < -0.3 is 29.1 Å². The van der Waals surface area contributed by atoms with Gasteiger partial charge in [0.15, 0.2) is 5.60 Å². The minimum Gasteiger partial charge on any atom is -0.395 e. The number of fused-ring (bicyclic) bond motifs is 2. The Morgan fingerprint density at radius 3 is 2.62 bits per heavy atom. The fourth-order valence-electron chi connectivity index (χ4n) is 6.66. The second kappa shape index (κ2) is 10.5. The van der Waals surface area contributed by atoms with Gasteiger partial charge in [0.25, 0.3) is 5.91 Å². The lowest BCUT2D eigenvalue weighted by atomic mass is 9.82. The minimum atomic E-state index is -3.43. The summed E-state index contributed by atoms with van der Waals surface area (Å²) in [5, 5.41) is 12.5. The van der Waals surface area contributed by atoms with E-state index in [2.05, 4.69) is 5.32 Å². The Morgan fingerprint density at radius 1 is 1.23 bits per heavy atom. The van der Waals surface area contributed by atoms with E-state index in [1.165, 1.54) is 0 Å². The third-order valence-electron chi connectivity index (χ3n) is 8.40. The maximum absolute atomic E-state index is 16.0. The molecule has 3 amide bonds. The van der Waals surface area contributed by atoms with Crippen molar-refractivity contribution in [3.05, 3.63) is 59.7 Å². The van der Waals surface area contributed by atoms with E-state index in [1.807, 2.05) is 49.4 Å². The monoisotopic (exact) mass is 553 g/mol. The van der Waals surface area contributed by atoms with E-state index in [4.69, 9.17) is 4.74 Å². The molecule has 2 aromatic rings. The smallest absolute Gasteiger partial charge is 0.261 e. The molecule has 5 rings (SSSR count). The molecule has 39 heavy (non-hydrogen) atoms. The number of carbonyl (C=O) groups is 3. The number of nitrogens with one attached hydrogen (secondary N) is 1. The maximum atomic E-state index is 16.0. The Balaban J connectivity index is 1.47. The molecule has 0 aliphatic carbocycles. The molecule has 208 valence electrons. The second-order valence-corrected chi connectivity index (χ2v) is 15.1. The summed E-state index contributed by atoms with van der Waals surface area (Å²) in [5.74, 6) is -1.14. The van der Waals surface area contributed by atoms with Crippen LogP contribution in [-0.4, -0.2) is 61.9 Å². The molecule has 1 spiro atoms. The van der Waals surface area contributed by atoms with Gasteiger partial charge in [-0.2, -0.15) is 0 Å². The minimum absolute atomic E-state index is 0.0303. The summed E-state index contributed by atoms with van der Waals surface area (Å²) >= 11 is 0. The first-order valence-electron chi connectivity index (χ1n) is 13.6. The topological polar surface area (TPSA) is 99.2 Å². The molecule has 3 aliphatic heterocycles. The van der Waals surface area contributed by atoms with E-state index in [0.29, 0.717) is 36.4 Å². The number of rotatable bonds is 8. The standard InChI is InChI=1S/C29H36FN3O5Si/c1-19-27(39(2,3)30)24(17-26(36)32(14-15-34)18-20-8-5-4-6-9-20)38-29(19)22-16-21(33-13-7-10-25(33)35)11-12-23(22)31-28(29)37/h4-6,8-9,11-12,16,19,24,27,34H,7,10,13-15,17-18H2,1-3H3,(H,31,37)/t19-,24+,27-,29+/m0/s1. The summed E-state index contributed by atoms with van der Waals surface area (Å²) < 4.78 is 22.5. The number of halogens is 1. The van der Waals surface area contributed by atoms with E-state index in [9.17, 15) is 19.5 Å². The zero-order valence-electron chi connectivity index (χ0n) is 22.7. The van der Waals surface area contributed by atoms with Crippen LogP contribution in [0.2, 0.25) is 18.6 Å². The molecule has 10 heteroatoms. The average Bonchev–Trinajstić information content (AvgIpc) is 3.53. The lowest BCUT2D eigenvalue weighted by Crippen LogP contribution is -2.42. The number of ether oxygens (including phenoxy) is 1. The predicted molar refractivity (Wildman–Crippen MR) is 148 cm³/mol. The van der Waals surface area contributed by atoms with Gasteiger partial charge in [0.1, 0.15) is 0 Å². The molecule has 2 N–H and O–H groups in total. The Hall–Kier alpha value is -3.08. The van der Waals surface area contributed by atoms with Crippen LogP contribution in [0.4, 0.5) is 15.5 Å². The first-order valence-corrected chi connectivity index (χ1v) is 16.6. The molecule has 3 heterocycles. The zero-order valence-corrected chi connectivity index (χ0v) is 23.7. The molecule has 0 saturated carbocycles. The lowest BCUT2D eigenvalue weighted by molar-refractivity contribution is -0.148. The summed E-state index contributed by atoms with van der Waals surface area (Å²) in [6.07, 6.45) is 0.335. The highest BCUT2D eigenvalue weighted by molar-refractivity contribution is 6.72. The number of aliphatic hydroxyl groups is 1. The highest BCUT2D eigenvalue weighted by Crippen LogP contribution is 2.59. The molecular formula is C29H36FN3O5Si. The summed E-state index contributed by atoms with van der Waals surface area (Å²) in [6.45, 7) is 5.87. The number of hydrogen-bond donors (Lipinski definition) is 2. The van der Waals surface area contributed by atoms with Gasteiger partial charge in [-0.15, -0.1) is 0 Å². The largest absolute Gasteiger partial charge is 0.395 e. The summed E-state index contributed by atoms with van der Waals surface area (Å²) in [6, 6.07) is 14.9. The Kier molecular flexibility index (Phi) is 7.38. The van der Waals surface area contributed by atoms with Crippen molar-refractivity contribution in [1.82, 2.24) is 4.90 Å². The molecule has 8 nitrogen and oxygen atoms in total. The van der Waals surface area contributed by atoms with Crippen LogP contribution in [0.3, 0.4) is 0 Å². The summed E-state index contributed by atoms with van der Waals surface area (Å²) in [5.41, 5.74) is 0.697. The molecule has 0 aromatic heterocycles.